The number of H-pyrrole nitrogens is 1. The van der Waals surface area contributed by atoms with E-state index in [1.165, 1.54) is 0 Å². The molecule has 2 rings (SSSR count). The zero-order valence-corrected chi connectivity index (χ0v) is 14.1. The molecule has 5 nitrogen and oxygen atoms in total. The Bertz CT molecular complexity index is 565. The Morgan fingerprint density at radius 1 is 1.33 bits per heavy atom. The molecule has 0 aromatic carbocycles. The molecule has 3 atom stereocenters. The Kier molecular flexibility index (Phi) is 5.11. The topological polar surface area (TPSA) is 74.0 Å². The summed E-state index contributed by atoms with van der Waals surface area (Å²) >= 11 is 0. The van der Waals surface area contributed by atoms with Crippen LogP contribution in [0.2, 0.25) is 0 Å². The van der Waals surface area contributed by atoms with Crippen molar-refractivity contribution in [3.8, 4) is 0 Å². The first kappa shape index (κ1) is 16.5. The van der Waals surface area contributed by atoms with E-state index >= 15 is 0 Å². The molecule has 1 heterocycles. The highest BCUT2D eigenvalue weighted by Gasteiger charge is 2.33. The standard InChI is InChI=1S/C15H27N3O2S/c1-10(2)16-8-13-7-14(9-17-13)21(19,20)18-15-6-5-11(3)12(15)4/h7,9-12,15-18H,5-6,8H2,1-4H3. The lowest BCUT2D eigenvalue weighted by atomic mass is 9.98. The minimum atomic E-state index is -3.43. The van der Waals surface area contributed by atoms with E-state index in [1.807, 2.05) is 0 Å². The van der Waals surface area contributed by atoms with Crippen molar-refractivity contribution in [1.29, 1.82) is 0 Å². The third-order valence-corrected chi connectivity index (χ3v) is 5.97. The molecule has 0 saturated heterocycles. The number of aromatic nitrogens is 1. The van der Waals surface area contributed by atoms with Crippen molar-refractivity contribution in [2.24, 2.45) is 11.8 Å². The number of hydrogen-bond donors (Lipinski definition) is 3. The van der Waals surface area contributed by atoms with Gasteiger partial charge in [0, 0.05) is 30.5 Å². The molecular formula is C15H27N3O2S. The van der Waals surface area contributed by atoms with Gasteiger partial charge < -0.3 is 10.3 Å². The summed E-state index contributed by atoms with van der Waals surface area (Å²) in [7, 11) is -3.43. The second-order valence-corrected chi connectivity index (χ2v) is 8.25. The summed E-state index contributed by atoms with van der Waals surface area (Å²) in [4.78, 5) is 3.36. The molecule has 3 N–H and O–H groups in total. The highest BCUT2D eigenvalue weighted by Crippen LogP contribution is 2.32. The Morgan fingerprint density at radius 2 is 2.05 bits per heavy atom. The Hall–Kier alpha value is -0.850. The third-order valence-electron chi connectivity index (χ3n) is 4.50. The van der Waals surface area contributed by atoms with Gasteiger partial charge in [0.15, 0.2) is 0 Å². The maximum Gasteiger partial charge on any atom is 0.242 e. The van der Waals surface area contributed by atoms with E-state index in [0.29, 0.717) is 29.3 Å². The van der Waals surface area contributed by atoms with Crippen LogP contribution in [0, 0.1) is 11.8 Å². The fourth-order valence-corrected chi connectivity index (χ4v) is 4.17. The maximum absolute atomic E-state index is 12.4. The lowest BCUT2D eigenvalue weighted by Crippen LogP contribution is -2.37. The molecule has 1 aliphatic rings. The van der Waals surface area contributed by atoms with E-state index in [0.717, 1.165) is 18.5 Å². The van der Waals surface area contributed by atoms with Gasteiger partial charge >= 0.3 is 0 Å². The Morgan fingerprint density at radius 3 is 2.62 bits per heavy atom. The van der Waals surface area contributed by atoms with Gasteiger partial charge in [0.2, 0.25) is 10.0 Å². The van der Waals surface area contributed by atoms with Crippen molar-refractivity contribution >= 4 is 10.0 Å². The molecule has 0 spiro atoms. The van der Waals surface area contributed by atoms with Crippen LogP contribution in [0.3, 0.4) is 0 Å². The van der Waals surface area contributed by atoms with E-state index in [1.54, 1.807) is 12.3 Å². The monoisotopic (exact) mass is 313 g/mol. The van der Waals surface area contributed by atoms with Gasteiger partial charge in [-0.25, -0.2) is 13.1 Å². The van der Waals surface area contributed by atoms with Crippen molar-refractivity contribution in [3.05, 3.63) is 18.0 Å². The van der Waals surface area contributed by atoms with Crippen molar-refractivity contribution in [2.45, 2.75) is 64.1 Å². The van der Waals surface area contributed by atoms with E-state index < -0.39 is 10.0 Å². The van der Waals surface area contributed by atoms with Gasteiger partial charge in [0.25, 0.3) is 0 Å². The maximum atomic E-state index is 12.4. The average molecular weight is 313 g/mol. The van der Waals surface area contributed by atoms with E-state index in [4.69, 9.17) is 0 Å². The zero-order chi connectivity index (χ0) is 15.6. The van der Waals surface area contributed by atoms with Gasteiger partial charge in [0.05, 0.1) is 4.90 Å². The van der Waals surface area contributed by atoms with Crippen LogP contribution in [-0.2, 0) is 16.6 Å². The van der Waals surface area contributed by atoms with Crippen molar-refractivity contribution in [1.82, 2.24) is 15.0 Å². The number of aromatic amines is 1. The Labute approximate surface area is 128 Å². The molecule has 1 aliphatic carbocycles. The smallest absolute Gasteiger partial charge is 0.242 e. The minimum absolute atomic E-state index is 0.0529. The molecular weight excluding hydrogens is 286 g/mol. The zero-order valence-electron chi connectivity index (χ0n) is 13.3. The van der Waals surface area contributed by atoms with Gasteiger partial charge in [0.1, 0.15) is 0 Å². The highest BCUT2D eigenvalue weighted by atomic mass is 32.2. The number of rotatable bonds is 6. The van der Waals surface area contributed by atoms with Crippen LogP contribution in [0.15, 0.2) is 17.2 Å². The molecule has 0 amide bonds. The number of sulfonamides is 1. The molecule has 1 saturated carbocycles. The fourth-order valence-electron chi connectivity index (χ4n) is 2.79. The van der Waals surface area contributed by atoms with Crippen LogP contribution < -0.4 is 10.0 Å². The second kappa shape index (κ2) is 6.50. The third kappa shape index (κ3) is 4.08. The molecule has 0 aliphatic heterocycles. The highest BCUT2D eigenvalue weighted by molar-refractivity contribution is 7.89. The van der Waals surface area contributed by atoms with Crippen LogP contribution in [-0.4, -0.2) is 25.5 Å². The first-order valence-electron chi connectivity index (χ1n) is 7.72. The van der Waals surface area contributed by atoms with Crippen molar-refractivity contribution in [2.75, 3.05) is 0 Å². The van der Waals surface area contributed by atoms with Crippen molar-refractivity contribution in [3.63, 3.8) is 0 Å². The predicted molar refractivity (Wildman–Crippen MR) is 84.4 cm³/mol. The van der Waals surface area contributed by atoms with Gasteiger partial charge in [-0.2, -0.15) is 0 Å². The molecule has 3 unspecified atom stereocenters. The van der Waals surface area contributed by atoms with Crippen LogP contribution in [0.4, 0.5) is 0 Å². The fraction of sp³-hybridized carbons (Fsp3) is 0.733. The summed E-state index contributed by atoms with van der Waals surface area (Å²) in [6.45, 7) is 9.07. The summed E-state index contributed by atoms with van der Waals surface area (Å²) in [5.41, 5.74) is 0.886. The minimum Gasteiger partial charge on any atom is -0.363 e. The van der Waals surface area contributed by atoms with E-state index in [9.17, 15) is 8.42 Å². The summed E-state index contributed by atoms with van der Waals surface area (Å²) in [6, 6.07) is 2.13. The van der Waals surface area contributed by atoms with E-state index in [-0.39, 0.29) is 6.04 Å². The summed E-state index contributed by atoms with van der Waals surface area (Å²) in [6.07, 6.45) is 3.58. The average Bonchev–Trinajstić information content (AvgIpc) is 2.99. The number of nitrogens with one attached hydrogen (secondary N) is 3. The van der Waals surface area contributed by atoms with Crippen LogP contribution in [0.1, 0.15) is 46.2 Å². The summed E-state index contributed by atoms with van der Waals surface area (Å²) in [5, 5.41) is 3.27. The SMILES string of the molecule is CC(C)NCc1cc(S(=O)(=O)NC2CCC(C)C2C)c[nH]1. The predicted octanol–water partition coefficient (Wildman–Crippen LogP) is 2.23. The molecule has 1 fully saturated rings. The lowest BCUT2D eigenvalue weighted by Gasteiger charge is -2.19. The molecule has 21 heavy (non-hydrogen) atoms. The van der Waals surface area contributed by atoms with Crippen LogP contribution in [0.25, 0.3) is 0 Å². The first-order valence-corrected chi connectivity index (χ1v) is 9.21. The van der Waals surface area contributed by atoms with E-state index in [2.05, 4.69) is 42.7 Å². The number of hydrogen-bond acceptors (Lipinski definition) is 3. The molecule has 1 aromatic heterocycles. The quantitative estimate of drug-likeness (QED) is 0.754. The molecule has 1 aromatic rings. The molecule has 0 radical (unpaired) electrons. The van der Waals surface area contributed by atoms with Gasteiger partial charge in [-0.05, 0) is 30.7 Å². The molecule has 120 valence electrons. The summed E-state index contributed by atoms with van der Waals surface area (Å²) < 4.78 is 27.7. The van der Waals surface area contributed by atoms with Gasteiger partial charge in [-0.1, -0.05) is 27.7 Å². The summed E-state index contributed by atoms with van der Waals surface area (Å²) in [5.74, 6) is 0.968. The molecule has 6 heteroatoms. The Balaban J connectivity index is 2.03. The van der Waals surface area contributed by atoms with Gasteiger partial charge in [-0.3, -0.25) is 0 Å². The first-order chi connectivity index (χ1) is 9.79. The molecule has 0 bridgehead atoms. The second-order valence-electron chi connectivity index (χ2n) is 6.54. The van der Waals surface area contributed by atoms with Gasteiger partial charge in [-0.15, -0.1) is 0 Å². The van der Waals surface area contributed by atoms with Crippen LogP contribution in [0.5, 0.6) is 0 Å². The van der Waals surface area contributed by atoms with Crippen molar-refractivity contribution < 1.29 is 8.42 Å². The van der Waals surface area contributed by atoms with Crippen LogP contribution >= 0.6 is 0 Å². The lowest BCUT2D eigenvalue weighted by molar-refractivity contribution is 0.402. The largest absolute Gasteiger partial charge is 0.363 e. The normalized spacial score (nSPS) is 26.6.